The fourth-order valence-electron chi connectivity index (χ4n) is 3.68. The summed E-state index contributed by atoms with van der Waals surface area (Å²) in [7, 11) is -2.36. The van der Waals surface area contributed by atoms with Gasteiger partial charge in [-0.3, -0.25) is 4.79 Å². The molecule has 1 atom stereocenters. The smallest absolute Gasteiger partial charge is 0.354 e. The van der Waals surface area contributed by atoms with E-state index in [0.717, 1.165) is 12.0 Å². The monoisotopic (exact) mass is 433 g/mol. The highest BCUT2D eigenvalue weighted by Gasteiger charge is 2.40. The number of benzene rings is 1. The van der Waals surface area contributed by atoms with Crippen molar-refractivity contribution in [2.45, 2.75) is 44.0 Å². The molecular weight excluding hydrogens is 406 g/mol. The Morgan fingerprint density at radius 1 is 1.23 bits per heavy atom. The standard InChI is InChI=1S/C21H27N3O5S/c1-4-15-9-6-7-10-17(15)22-20(25)18-11-8-12-24(18)30(27,28)16-13-19(23(3)14-16)21(26)29-5-2/h6-7,9-10,13-14,18H,4-5,8,11-12H2,1-3H3,(H,22,25)/t18-/m0/s1. The number of hydrogen-bond donors (Lipinski definition) is 1. The number of carbonyl (C=O) groups is 2. The molecule has 9 heteroatoms. The summed E-state index contributed by atoms with van der Waals surface area (Å²) in [6.45, 7) is 4.12. The van der Waals surface area contributed by atoms with Crippen LogP contribution in [0.1, 0.15) is 42.7 Å². The molecule has 1 fully saturated rings. The summed E-state index contributed by atoms with van der Waals surface area (Å²) >= 11 is 0. The van der Waals surface area contributed by atoms with E-state index in [1.54, 1.807) is 14.0 Å². The predicted octanol–water partition coefficient (Wildman–Crippen LogP) is 2.56. The lowest BCUT2D eigenvalue weighted by Crippen LogP contribution is -2.43. The Bertz CT molecular complexity index is 1040. The number of carbonyl (C=O) groups excluding carboxylic acids is 2. The van der Waals surface area contributed by atoms with Gasteiger partial charge < -0.3 is 14.6 Å². The lowest BCUT2D eigenvalue weighted by molar-refractivity contribution is -0.119. The molecular formula is C21H27N3O5S. The number of para-hydroxylation sites is 1. The van der Waals surface area contributed by atoms with Crippen LogP contribution in [-0.4, -0.2) is 48.4 Å². The highest BCUT2D eigenvalue weighted by atomic mass is 32.2. The molecule has 3 rings (SSSR count). The van der Waals surface area contributed by atoms with Crippen LogP contribution in [0.15, 0.2) is 41.4 Å². The van der Waals surface area contributed by atoms with Crippen LogP contribution >= 0.6 is 0 Å². The normalized spacial score (nSPS) is 17.1. The molecule has 0 aliphatic carbocycles. The number of aromatic nitrogens is 1. The number of rotatable bonds is 7. The van der Waals surface area contributed by atoms with E-state index in [0.29, 0.717) is 18.5 Å². The second-order valence-electron chi connectivity index (χ2n) is 7.17. The SMILES string of the molecule is CCOC(=O)c1cc(S(=O)(=O)N2CCC[C@H]2C(=O)Nc2ccccc2CC)cn1C. The van der Waals surface area contributed by atoms with Crippen LogP contribution in [0, 0.1) is 0 Å². The average molecular weight is 434 g/mol. The fraction of sp³-hybridized carbons (Fsp3) is 0.429. The molecule has 8 nitrogen and oxygen atoms in total. The third-order valence-corrected chi connectivity index (χ3v) is 7.11. The van der Waals surface area contributed by atoms with Crippen molar-refractivity contribution in [2.24, 2.45) is 7.05 Å². The molecule has 0 radical (unpaired) electrons. The first-order valence-electron chi connectivity index (χ1n) is 10.0. The zero-order chi connectivity index (χ0) is 21.9. The summed E-state index contributed by atoms with van der Waals surface area (Å²) in [6.07, 6.45) is 3.16. The quantitative estimate of drug-likeness (QED) is 0.677. The summed E-state index contributed by atoms with van der Waals surface area (Å²) in [4.78, 5) is 25.0. The number of esters is 1. The molecule has 1 N–H and O–H groups in total. The van der Waals surface area contributed by atoms with E-state index >= 15 is 0 Å². The molecule has 1 aromatic heterocycles. The first-order chi connectivity index (χ1) is 14.3. The highest BCUT2D eigenvalue weighted by Crippen LogP contribution is 2.28. The third-order valence-electron chi connectivity index (χ3n) is 5.23. The van der Waals surface area contributed by atoms with Gasteiger partial charge >= 0.3 is 5.97 Å². The number of ether oxygens (including phenoxy) is 1. The van der Waals surface area contributed by atoms with Crippen molar-refractivity contribution in [3.8, 4) is 0 Å². The molecule has 1 amide bonds. The molecule has 2 heterocycles. The Labute approximate surface area is 176 Å². The van der Waals surface area contributed by atoms with Crippen molar-refractivity contribution >= 4 is 27.6 Å². The minimum Gasteiger partial charge on any atom is -0.461 e. The Hall–Kier alpha value is -2.65. The number of anilines is 1. The van der Waals surface area contributed by atoms with Crippen LogP contribution in [-0.2, 0) is 33.0 Å². The van der Waals surface area contributed by atoms with Gasteiger partial charge in [-0.05, 0) is 43.9 Å². The molecule has 1 aliphatic heterocycles. The lowest BCUT2D eigenvalue weighted by Gasteiger charge is -2.23. The largest absolute Gasteiger partial charge is 0.461 e. The second-order valence-corrected chi connectivity index (χ2v) is 9.06. The van der Waals surface area contributed by atoms with E-state index in [2.05, 4.69) is 5.32 Å². The summed E-state index contributed by atoms with van der Waals surface area (Å²) in [6, 6.07) is 7.97. The number of nitrogens with one attached hydrogen (secondary N) is 1. The van der Waals surface area contributed by atoms with E-state index < -0.39 is 22.0 Å². The van der Waals surface area contributed by atoms with Crippen molar-refractivity contribution in [3.05, 3.63) is 47.8 Å². The van der Waals surface area contributed by atoms with Crippen molar-refractivity contribution < 1.29 is 22.7 Å². The number of hydrogen-bond acceptors (Lipinski definition) is 5. The van der Waals surface area contributed by atoms with Crippen molar-refractivity contribution in [2.75, 3.05) is 18.5 Å². The molecule has 0 spiro atoms. The zero-order valence-electron chi connectivity index (χ0n) is 17.4. The van der Waals surface area contributed by atoms with Gasteiger partial charge in [0.2, 0.25) is 15.9 Å². The number of amides is 1. The van der Waals surface area contributed by atoms with E-state index in [9.17, 15) is 18.0 Å². The van der Waals surface area contributed by atoms with Gasteiger partial charge in [0.05, 0.1) is 6.61 Å². The molecule has 1 aromatic carbocycles. The van der Waals surface area contributed by atoms with Crippen LogP contribution in [0.25, 0.3) is 0 Å². The average Bonchev–Trinajstić information content (AvgIpc) is 3.36. The van der Waals surface area contributed by atoms with Gasteiger partial charge in [0.25, 0.3) is 0 Å². The van der Waals surface area contributed by atoms with Crippen LogP contribution in [0.2, 0.25) is 0 Å². The Kier molecular flexibility index (Phi) is 6.62. The summed E-state index contributed by atoms with van der Waals surface area (Å²) in [5.41, 5.74) is 1.83. The van der Waals surface area contributed by atoms with E-state index in [1.807, 2.05) is 31.2 Å². The predicted molar refractivity (Wildman–Crippen MR) is 113 cm³/mol. The number of aryl methyl sites for hydroxylation is 2. The van der Waals surface area contributed by atoms with Crippen LogP contribution in [0.5, 0.6) is 0 Å². The Morgan fingerprint density at radius 2 is 1.97 bits per heavy atom. The van der Waals surface area contributed by atoms with Crippen LogP contribution in [0.4, 0.5) is 5.69 Å². The first-order valence-corrected chi connectivity index (χ1v) is 11.5. The first kappa shape index (κ1) is 22.0. The Balaban J connectivity index is 1.84. The van der Waals surface area contributed by atoms with E-state index in [-0.39, 0.29) is 29.6 Å². The van der Waals surface area contributed by atoms with E-state index in [4.69, 9.17) is 4.74 Å². The summed E-state index contributed by atoms with van der Waals surface area (Å²) in [5.74, 6) is -0.938. The summed E-state index contributed by atoms with van der Waals surface area (Å²) in [5, 5.41) is 2.88. The van der Waals surface area contributed by atoms with Crippen LogP contribution in [0.3, 0.4) is 0 Å². The summed E-state index contributed by atoms with van der Waals surface area (Å²) < 4.78 is 34.1. The van der Waals surface area contributed by atoms with Gasteiger partial charge in [-0.2, -0.15) is 4.31 Å². The zero-order valence-corrected chi connectivity index (χ0v) is 18.2. The molecule has 0 unspecified atom stereocenters. The van der Waals surface area contributed by atoms with E-state index in [1.165, 1.54) is 21.1 Å². The van der Waals surface area contributed by atoms with Gasteiger partial charge in [-0.25, -0.2) is 13.2 Å². The maximum atomic E-state index is 13.3. The van der Waals surface area contributed by atoms with Gasteiger partial charge in [0.15, 0.2) is 0 Å². The maximum absolute atomic E-state index is 13.3. The van der Waals surface area contributed by atoms with Crippen molar-refractivity contribution in [1.29, 1.82) is 0 Å². The number of nitrogens with zero attached hydrogens (tertiary/aromatic N) is 2. The third kappa shape index (κ3) is 4.27. The molecule has 30 heavy (non-hydrogen) atoms. The molecule has 162 valence electrons. The Morgan fingerprint density at radius 3 is 2.67 bits per heavy atom. The molecule has 0 saturated carbocycles. The van der Waals surface area contributed by atoms with Gasteiger partial charge in [0.1, 0.15) is 16.6 Å². The van der Waals surface area contributed by atoms with Crippen molar-refractivity contribution in [1.82, 2.24) is 8.87 Å². The fourth-order valence-corrected chi connectivity index (χ4v) is 5.40. The van der Waals surface area contributed by atoms with Crippen molar-refractivity contribution in [3.63, 3.8) is 0 Å². The second kappa shape index (κ2) is 9.01. The molecule has 1 saturated heterocycles. The molecule has 1 aliphatic rings. The molecule has 0 bridgehead atoms. The van der Waals surface area contributed by atoms with Gasteiger partial charge in [0, 0.05) is 25.5 Å². The maximum Gasteiger partial charge on any atom is 0.354 e. The lowest BCUT2D eigenvalue weighted by atomic mass is 10.1. The van der Waals surface area contributed by atoms with Crippen LogP contribution < -0.4 is 5.32 Å². The van der Waals surface area contributed by atoms with Gasteiger partial charge in [-0.1, -0.05) is 25.1 Å². The highest BCUT2D eigenvalue weighted by molar-refractivity contribution is 7.89. The topological polar surface area (TPSA) is 97.7 Å². The number of sulfonamides is 1. The van der Waals surface area contributed by atoms with Gasteiger partial charge in [-0.15, -0.1) is 0 Å². The molecule has 2 aromatic rings. The minimum absolute atomic E-state index is 0.0262. The minimum atomic E-state index is -3.95.